The zero-order valence-electron chi connectivity index (χ0n) is 23.4. The second kappa shape index (κ2) is 12.1. The Morgan fingerprint density at radius 1 is 1.23 bits per heavy atom. The third-order valence-electron chi connectivity index (χ3n) is 6.91. The largest absolute Gasteiger partial charge is 0.495 e. The van der Waals surface area contributed by atoms with Crippen LogP contribution in [-0.4, -0.2) is 69.3 Å². The number of nitrogens with zero attached hydrogens (tertiary/aromatic N) is 4. The molecule has 1 aromatic heterocycles. The molecule has 3 atom stereocenters. The van der Waals surface area contributed by atoms with Crippen LogP contribution in [0.3, 0.4) is 0 Å². The predicted molar refractivity (Wildman–Crippen MR) is 161 cm³/mol. The number of carbonyl (C=O) groups excluding carboxylic acids is 1. The number of hydrogen-bond acceptors (Lipinski definition) is 8. The summed E-state index contributed by atoms with van der Waals surface area (Å²) >= 11 is 13.2. The number of methoxy groups -OCH3 is 2. The zero-order valence-corrected chi connectivity index (χ0v) is 26.9. The zero-order chi connectivity index (χ0) is 29.2. The molecule has 2 heterocycles. The molecule has 0 aliphatic carbocycles. The number of fused-ring (bicyclic) bond motifs is 1. The molecule has 0 bridgehead atoms. The van der Waals surface area contributed by atoms with Gasteiger partial charge in [0.15, 0.2) is 0 Å². The lowest BCUT2D eigenvalue weighted by Gasteiger charge is -2.28. The number of halogens is 2. The van der Waals surface area contributed by atoms with E-state index in [9.17, 15) is 10.1 Å². The molecule has 9 nitrogen and oxygen atoms in total. The molecule has 0 radical (unpaired) electrons. The highest BCUT2D eigenvalue weighted by Crippen LogP contribution is 2.46. The molecular formula is C28H33Cl2N5O4Si. The fourth-order valence-electron chi connectivity index (χ4n) is 4.88. The minimum atomic E-state index is -0.598. The first-order chi connectivity index (χ1) is 18.9. The average molecular weight is 603 g/mol. The smallest absolute Gasteiger partial charge is 0.410 e. The van der Waals surface area contributed by atoms with E-state index in [1.165, 1.54) is 14.2 Å². The summed E-state index contributed by atoms with van der Waals surface area (Å²) in [6.45, 7) is 6.04. The van der Waals surface area contributed by atoms with Gasteiger partial charge in [0.1, 0.15) is 17.1 Å². The summed E-state index contributed by atoms with van der Waals surface area (Å²) in [5.74, 6) is 1.58. The highest BCUT2D eigenvalue weighted by atomic mass is 35.5. The van der Waals surface area contributed by atoms with Gasteiger partial charge in [-0.1, -0.05) is 29.3 Å². The van der Waals surface area contributed by atoms with E-state index in [4.69, 9.17) is 42.4 Å². The maximum Gasteiger partial charge on any atom is 0.410 e. The summed E-state index contributed by atoms with van der Waals surface area (Å²) in [7, 11) is 3.87. The first kappa shape index (κ1) is 29.7. The normalized spacial score (nSPS) is 17.9. The van der Waals surface area contributed by atoms with Crippen LogP contribution in [-0.2, 0) is 4.74 Å². The van der Waals surface area contributed by atoms with Gasteiger partial charge in [-0.2, -0.15) is 5.26 Å². The van der Waals surface area contributed by atoms with Crippen molar-refractivity contribution in [3.63, 3.8) is 0 Å². The second-order valence-electron chi connectivity index (χ2n) is 10.8. The summed E-state index contributed by atoms with van der Waals surface area (Å²) < 4.78 is 16.4. The minimum absolute atomic E-state index is 0.0900. The van der Waals surface area contributed by atoms with Gasteiger partial charge in [-0.15, -0.1) is 0 Å². The van der Waals surface area contributed by atoms with Gasteiger partial charge in [0.25, 0.3) is 0 Å². The van der Waals surface area contributed by atoms with E-state index >= 15 is 0 Å². The Morgan fingerprint density at radius 2 is 1.90 bits per heavy atom. The summed E-state index contributed by atoms with van der Waals surface area (Å²) in [5, 5.41) is 14.3. The summed E-state index contributed by atoms with van der Waals surface area (Å²) in [6, 6.07) is 9.40. The molecule has 12 heteroatoms. The molecule has 0 spiro atoms. The molecule has 1 saturated heterocycles. The van der Waals surface area contributed by atoms with Gasteiger partial charge in [-0.05, 0) is 50.8 Å². The number of aromatic nitrogens is 2. The molecule has 40 heavy (non-hydrogen) atoms. The topological polar surface area (TPSA) is 110 Å². The lowest BCUT2D eigenvalue weighted by molar-refractivity contribution is 0.0224. The molecule has 1 unspecified atom stereocenters. The van der Waals surface area contributed by atoms with E-state index in [2.05, 4.69) is 16.4 Å². The van der Waals surface area contributed by atoms with E-state index in [0.717, 1.165) is 33.1 Å². The van der Waals surface area contributed by atoms with Crippen molar-refractivity contribution in [3.8, 4) is 28.7 Å². The van der Waals surface area contributed by atoms with E-state index in [0.29, 0.717) is 39.6 Å². The summed E-state index contributed by atoms with van der Waals surface area (Å²) in [6.07, 6.45) is 2.36. The van der Waals surface area contributed by atoms with Gasteiger partial charge < -0.3 is 24.4 Å². The molecule has 212 valence electrons. The lowest BCUT2D eigenvalue weighted by atomic mass is 10.0. The molecule has 2 aromatic carbocycles. The van der Waals surface area contributed by atoms with Crippen LogP contribution in [0.4, 0.5) is 10.7 Å². The molecule has 0 saturated carbocycles. The number of ether oxygens (including phenoxy) is 3. The summed E-state index contributed by atoms with van der Waals surface area (Å²) in [4.78, 5) is 23.8. The van der Waals surface area contributed by atoms with Crippen LogP contribution in [0, 0.1) is 17.2 Å². The van der Waals surface area contributed by atoms with E-state index < -0.39 is 5.60 Å². The van der Waals surface area contributed by atoms with Crippen LogP contribution in [0.25, 0.3) is 22.0 Å². The third-order valence-corrected chi connectivity index (χ3v) is 8.89. The average Bonchev–Trinajstić information content (AvgIpc) is 3.32. The van der Waals surface area contributed by atoms with Crippen LogP contribution in [0.1, 0.15) is 33.6 Å². The Bertz CT molecular complexity index is 1430. The Morgan fingerprint density at radius 3 is 2.50 bits per heavy atom. The van der Waals surface area contributed by atoms with Crippen molar-refractivity contribution in [2.45, 2.75) is 50.9 Å². The van der Waals surface area contributed by atoms with Crippen molar-refractivity contribution in [1.29, 1.82) is 5.26 Å². The van der Waals surface area contributed by atoms with E-state index in [-0.39, 0.29) is 30.1 Å². The standard InChI is InChI=1S/C28H33Cl2N5O4Si/c1-28(2,3)39-27(36)35-14-17(11-18(35)8-9-31)25(40)34-26-32-13-16-10-15(6-7-19(16)33-26)22-23(29)20(37-4)12-21(38-5)24(22)30/h6-7,10,12-13,17-18,25H,8,11,14H2,1-5,40H3,(H,32,33,34)/t17-,18+,25?/m0/s1. The molecule has 1 aliphatic heterocycles. The van der Waals surface area contributed by atoms with Gasteiger partial charge in [0.2, 0.25) is 5.95 Å². The van der Waals surface area contributed by atoms with Gasteiger partial charge >= 0.3 is 6.09 Å². The SMILES string of the molecule is COc1cc(OC)c(Cl)c(-c2ccc3nc(NC([SiH3])[C@H]4C[C@@H](CC#N)N(C(=O)OC(C)(C)C)C4)ncc3c2)c1Cl. The Hall–Kier alpha value is -3.26. The maximum absolute atomic E-state index is 12.8. The van der Waals surface area contributed by atoms with Crippen molar-refractivity contribution in [2.75, 3.05) is 26.1 Å². The number of nitrogens with one attached hydrogen (secondary N) is 1. The van der Waals surface area contributed by atoms with Crippen molar-refractivity contribution in [2.24, 2.45) is 5.92 Å². The Labute approximate surface area is 247 Å². The monoisotopic (exact) mass is 601 g/mol. The number of likely N-dealkylation sites (tertiary alicyclic amines) is 1. The van der Waals surface area contributed by atoms with Gasteiger partial charge in [0.05, 0.1) is 42.3 Å². The van der Waals surface area contributed by atoms with Crippen LogP contribution in [0.2, 0.25) is 10.0 Å². The molecule has 4 rings (SSSR count). The fraction of sp³-hybridized carbons (Fsp3) is 0.429. The first-order valence-corrected chi connectivity index (χ1v) is 14.9. The molecule has 1 aliphatic rings. The molecular weight excluding hydrogens is 569 g/mol. The van der Waals surface area contributed by atoms with Gasteiger partial charge in [-0.25, -0.2) is 14.8 Å². The molecule has 1 amide bonds. The highest BCUT2D eigenvalue weighted by molar-refractivity contribution is 6.41. The highest BCUT2D eigenvalue weighted by Gasteiger charge is 2.39. The van der Waals surface area contributed by atoms with E-state index in [1.807, 2.05) is 39.0 Å². The number of nitriles is 1. The number of benzene rings is 2. The van der Waals surface area contributed by atoms with Crippen LogP contribution in [0.15, 0.2) is 30.5 Å². The van der Waals surface area contributed by atoms with Crippen LogP contribution in [0.5, 0.6) is 11.5 Å². The van der Waals surface area contributed by atoms with Crippen molar-refractivity contribution in [3.05, 3.63) is 40.5 Å². The quantitative estimate of drug-likeness (QED) is 0.365. The second-order valence-corrected chi connectivity index (χ2v) is 12.8. The fourth-order valence-corrected chi connectivity index (χ4v) is 6.34. The Kier molecular flexibility index (Phi) is 8.98. The van der Waals surface area contributed by atoms with E-state index in [1.54, 1.807) is 17.2 Å². The molecule has 3 aromatic rings. The van der Waals surface area contributed by atoms with Crippen molar-refractivity contribution in [1.82, 2.24) is 14.9 Å². The van der Waals surface area contributed by atoms with Crippen molar-refractivity contribution < 1.29 is 19.0 Å². The number of amides is 1. The lowest BCUT2D eigenvalue weighted by Crippen LogP contribution is -2.40. The van der Waals surface area contributed by atoms with Crippen LogP contribution >= 0.6 is 23.2 Å². The molecule has 1 N–H and O–H groups in total. The number of hydrogen-bond donors (Lipinski definition) is 1. The minimum Gasteiger partial charge on any atom is -0.495 e. The number of rotatable bonds is 7. The number of anilines is 1. The predicted octanol–water partition coefficient (Wildman–Crippen LogP) is 5.26. The van der Waals surface area contributed by atoms with Crippen molar-refractivity contribution >= 4 is 56.4 Å². The van der Waals surface area contributed by atoms with Crippen LogP contribution < -0.4 is 14.8 Å². The van der Waals surface area contributed by atoms with Gasteiger partial charge in [-0.3, -0.25) is 0 Å². The maximum atomic E-state index is 12.8. The summed E-state index contributed by atoms with van der Waals surface area (Å²) in [5.41, 5.74) is 1.63. The first-order valence-electron chi connectivity index (χ1n) is 13.0. The van der Waals surface area contributed by atoms with Gasteiger partial charge in [0, 0.05) is 51.7 Å². The Balaban J connectivity index is 1.54. The third kappa shape index (κ3) is 6.38. The number of carbonyl (C=O) groups is 1. The molecule has 1 fully saturated rings.